The van der Waals surface area contributed by atoms with E-state index < -0.39 is 11.7 Å². The molecule has 3 N–H and O–H groups in total. The fourth-order valence-corrected chi connectivity index (χ4v) is 3.12. The maximum Gasteiger partial charge on any atom is 0.288 e. The van der Waals surface area contributed by atoms with E-state index in [0.29, 0.717) is 42.3 Å². The number of benzene rings is 1. The van der Waals surface area contributed by atoms with Gasteiger partial charge in [-0.1, -0.05) is 30.0 Å². The Hall–Kier alpha value is -3.27. The Morgan fingerprint density at radius 1 is 1.00 bits per heavy atom. The number of carbonyl (C=O) groups is 1. The molecular weight excluding hydrogens is 410 g/mol. The van der Waals surface area contributed by atoms with Crippen LogP contribution in [0, 0.1) is 6.92 Å². The van der Waals surface area contributed by atoms with Crippen molar-refractivity contribution in [2.24, 2.45) is 0 Å². The largest absolute Gasteiger partial charge is 0.367 e. The van der Waals surface area contributed by atoms with E-state index in [9.17, 15) is 13.6 Å². The van der Waals surface area contributed by atoms with E-state index in [0.717, 1.165) is 5.56 Å². The predicted molar refractivity (Wildman–Crippen MR) is 113 cm³/mol. The summed E-state index contributed by atoms with van der Waals surface area (Å²) in [5, 5.41) is 16.9. The summed E-state index contributed by atoms with van der Waals surface area (Å²) < 4.78 is 25.3. The summed E-state index contributed by atoms with van der Waals surface area (Å²) in [6, 6.07) is 13.6. The van der Waals surface area contributed by atoms with Crippen molar-refractivity contribution >= 4 is 35.1 Å². The van der Waals surface area contributed by atoms with Crippen molar-refractivity contribution in [2.75, 3.05) is 23.7 Å². The number of pyridine rings is 1. The van der Waals surface area contributed by atoms with E-state index in [1.165, 1.54) is 12.1 Å². The van der Waals surface area contributed by atoms with Gasteiger partial charge in [-0.3, -0.25) is 4.79 Å². The van der Waals surface area contributed by atoms with Gasteiger partial charge in [-0.05, 0) is 42.8 Å². The van der Waals surface area contributed by atoms with Gasteiger partial charge in [0, 0.05) is 24.2 Å². The van der Waals surface area contributed by atoms with Gasteiger partial charge in [0.15, 0.2) is 5.82 Å². The van der Waals surface area contributed by atoms with Gasteiger partial charge in [-0.25, -0.2) is 4.98 Å². The van der Waals surface area contributed by atoms with Gasteiger partial charge in [-0.15, -0.1) is 10.2 Å². The van der Waals surface area contributed by atoms with Gasteiger partial charge in [0.05, 0.1) is 5.56 Å². The molecular formula is C20H20F2N6OS. The van der Waals surface area contributed by atoms with Crippen LogP contribution < -0.4 is 16.0 Å². The Bertz CT molecular complexity index is 970. The Morgan fingerprint density at radius 3 is 2.43 bits per heavy atom. The van der Waals surface area contributed by atoms with Gasteiger partial charge in [0.2, 0.25) is 0 Å². The number of nitrogens with zero attached hydrogens (tertiary/aromatic N) is 3. The van der Waals surface area contributed by atoms with Gasteiger partial charge in [-0.2, -0.15) is 8.78 Å². The smallest absolute Gasteiger partial charge is 0.288 e. The van der Waals surface area contributed by atoms with E-state index >= 15 is 0 Å². The molecule has 1 amide bonds. The predicted octanol–water partition coefficient (Wildman–Crippen LogP) is 4.08. The molecule has 0 aliphatic rings. The van der Waals surface area contributed by atoms with Crippen LogP contribution in [0.1, 0.15) is 15.9 Å². The number of carbonyl (C=O) groups excluding carboxylic acids is 1. The highest BCUT2D eigenvalue weighted by Gasteiger charge is 2.14. The maximum absolute atomic E-state index is 12.6. The minimum Gasteiger partial charge on any atom is -0.367 e. The standard InChI is InChI=1S/C20H20F2N6OS/c1-13-6-7-16(25-12-13)26-18-9-8-17(27-28-18)23-10-11-24-19(29)14-4-2-3-5-15(14)30-20(21)22/h2-9,12,20H,10-11H2,1H3,(H,23,27)(H,24,29)(H,25,26,28). The molecule has 3 aromatic rings. The molecule has 10 heteroatoms. The molecule has 0 atom stereocenters. The van der Waals surface area contributed by atoms with Crippen LogP contribution in [-0.4, -0.2) is 39.9 Å². The maximum atomic E-state index is 12.6. The topological polar surface area (TPSA) is 91.8 Å². The number of aryl methyl sites for hydroxylation is 1. The third-order valence-electron chi connectivity index (χ3n) is 3.90. The molecule has 0 bridgehead atoms. The van der Waals surface area contributed by atoms with Gasteiger partial charge >= 0.3 is 0 Å². The molecule has 2 aromatic heterocycles. The molecule has 0 aliphatic heterocycles. The van der Waals surface area contributed by atoms with Crippen molar-refractivity contribution in [3.8, 4) is 0 Å². The SMILES string of the molecule is Cc1ccc(Nc2ccc(NCCNC(=O)c3ccccc3SC(F)F)nn2)nc1. The quantitative estimate of drug-likeness (QED) is 0.348. The number of nitrogens with one attached hydrogen (secondary N) is 3. The van der Waals surface area contributed by atoms with Crippen molar-refractivity contribution < 1.29 is 13.6 Å². The average molecular weight is 430 g/mol. The number of aromatic nitrogens is 3. The molecule has 0 saturated heterocycles. The Kier molecular flexibility index (Phi) is 7.50. The monoisotopic (exact) mass is 430 g/mol. The first kappa shape index (κ1) is 21.4. The molecule has 0 fully saturated rings. The number of thioether (sulfide) groups is 1. The van der Waals surface area contributed by atoms with Crippen LogP contribution in [0.25, 0.3) is 0 Å². The average Bonchev–Trinajstić information content (AvgIpc) is 2.74. The fourth-order valence-electron chi connectivity index (χ4n) is 2.48. The highest BCUT2D eigenvalue weighted by atomic mass is 32.2. The van der Waals surface area contributed by atoms with E-state index in [2.05, 4.69) is 31.1 Å². The molecule has 7 nitrogen and oxygen atoms in total. The second-order valence-electron chi connectivity index (χ2n) is 6.21. The first-order chi connectivity index (χ1) is 14.5. The lowest BCUT2D eigenvalue weighted by Crippen LogP contribution is -2.29. The third-order valence-corrected chi connectivity index (χ3v) is 4.68. The van der Waals surface area contributed by atoms with E-state index in [1.54, 1.807) is 30.5 Å². The molecule has 0 aliphatic carbocycles. The second-order valence-corrected chi connectivity index (χ2v) is 7.24. The number of amides is 1. The molecule has 156 valence electrons. The summed E-state index contributed by atoms with van der Waals surface area (Å²) in [7, 11) is 0. The molecule has 0 spiro atoms. The lowest BCUT2D eigenvalue weighted by molar-refractivity contribution is 0.0952. The summed E-state index contributed by atoms with van der Waals surface area (Å²) in [5.41, 5.74) is 1.29. The summed E-state index contributed by atoms with van der Waals surface area (Å²) in [6.45, 7) is 2.65. The van der Waals surface area contributed by atoms with Gasteiger partial charge in [0.1, 0.15) is 11.6 Å². The van der Waals surface area contributed by atoms with Crippen molar-refractivity contribution in [1.82, 2.24) is 20.5 Å². The number of halogens is 2. The van der Waals surface area contributed by atoms with Crippen molar-refractivity contribution in [3.05, 3.63) is 65.9 Å². The molecule has 0 radical (unpaired) electrons. The lowest BCUT2D eigenvalue weighted by Gasteiger charge is -2.10. The van der Waals surface area contributed by atoms with Crippen molar-refractivity contribution in [3.63, 3.8) is 0 Å². The van der Waals surface area contributed by atoms with Gasteiger partial charge in [0.25, 0.3) is 11.7 Å². The van der Waals surface area contributed by atoms with Crippen LogP contribution in [0.3, 0.4) is 0 Å². The first-order valence-electron chi connectivity index (χ1n) is 9.10. The van der Waals surface area contributed by atoms with Crippen LogP contribution >= 0.6 is 11.8 Å². The molecule has 3 rings (SSSR count). The van der Waals surface area contributed by atoms with Crippen molar-refractivity contribution in [1.29, 1.82) is 0 Å². The minimum absolute atomic E-state index is 0.225. The number of hydrogen-bond acceptors (Lipinski definition) is 7. The molecule has 30 heavy (non-hydrogen) atoms. The second kappa shape index (κ2) is 10.5. The normalized spacial score (nSPS) is 10.7. The van der Waals surface area contributed by atoms with Crippen molar-refractivity contribution in [2.45, 2.75) is 17.6 Å². The molecule has 1 aromatic carbocycles. The summed E-state index contributed by atoms with van der Waals surface area (Å²) in [4.78, 5) is 16.7. The number of anilines is 3. The summed E-state index contributed by atoms with van der Waals surface area (Å²) in [6.07, 6.45) is 1.75. The summed E-state index contributed by atoms with van der Waals surface area (Å²) >= 11 is 0.353. The minimum atomic E-state index is -2.58. The molecule has 2 heterocycles. The van der Waals surface area contributed by atoms with Gasteiger partial charge < -0.3 is 16.0 Å². The first-order valence-corrected chi connectivity index (χ1v) is 9.98. The zero-order chi connectivity index (χ0) is 21.3. The van der Waals surface area contributed by atoms with Crippen LogP contribution in [0.4, 0.5) is 26.2 Å². The zero-order valence-corrected chi connectivity index (χ0v) is 16.9. The highest BCUT2D eigenvalue weighted by Crippen LogP contribution is 2.28. The van der Waals surface area contributed by atoms with Crippen LogP contribution in [0.2, 0.25) is 0 Å². The molecule has 0 unspecified atom stereocenters. The molecule has 0 saturated carbocycles. The Morgan fingerprint density at radius 2 is 1.73 bits per heavy atom. The van der Waals surface area contributed by atoms with E-state index in [4.69, 9.17) is 0 Å². The van der Waals surface area contributed by atoms with E-state index in [-0.39, 0.29) is 10.5 Å². The zero-order valence-electron chi connectivity index (χ0n) is 16.1. The summed E-state index contributed by atoms with van der Waals surface area (Å²) in [5.74, 6) is -1.22. The Balaban J connectivity index is 1.45. The third kappa shape index (κ3) is 6.38. The Labute approximate surface area is 176 Å². The number of rotatable bonds is 9. The van der Waals surface area contributed by atoms with Crippen LogP contribution in [0.5, 0.6) is 0 Å². The number of alkyl halides is 2. The van der Waals surface area contributed by atoms with Crippen LogP contribution in [-0.2, 0) is 0 Å². The van der Waals surface area contributed by atoms with E-state index in [1.807, 2.05) is 19.1 Å². The number of hydrogen-bond donors (Lipinski definition) is 3. The highest BCUT2D eigenvalue weighted by molar-refractivity contribution is 7.99. The fraction of sp³-hybridized carbons (Fsp3) is 0.200. The lowest BCUT2D eigenvalue weighted by atomic mass is 10.2. The van der Waals surface area contributed by atoms with Crippen LogP contribution in [0.15, 0.2) is 59.6 Å².